The lowest BCUT2D eigenvalue weighted by molar-refractivity contribution is -0.0957. The summed E-state index contributed by atoms with van der Waals surface area (Å²) in [6.45, 7) is 11.4. The number of nitrogens with one attached hydrogen (secondary N) is 1. The van der Waals surface area contributed by atoms with Gasteiger partial charge in [0.2, 0.25) is 11.7 Å². The van der Waals surface area contributed by atoms with Crippen LogP contribution in [0.5, 0.6) is 0 Å². The Balaban J connectivity index is 2.28. The number of rotatable bonds is 5. The van der Waals surface area contributed by atoms with E-state index in [4.69, 9.17) is 9.26 Å². The van der Waals surface area contributed by atoms with Crippen molar-refractivity contribution in [3.05, 3.63) is 11.7 Å². The third-order valence-corrected chi connectivity index (χ3v) is 4.83. The normalized spacial score (nSPS) is 21.4. The fourth-order valence-electron chi connectivity index (χ4n) is 2.81. The van der Waals surface area contributed by atoms with Crippen molar-refractivity contribution in [2.45, 2.75) is 71.4 Å². The zero-order chi connectivity index (χ0) is 15.7. The van der Waals surface area contributed by atoms with Gasteiger partial charge in [0.25, 0.3) is 0 Å². The summed E-state index contributed by atoms with van der Waals surface area (Å²) in [6.07, 6.45) is 4.14. The van der Waals surface area contributed by atoms with Gasteiger partial charge in [0.15, 0.2) is 0 Å². The van der Waals surface area contributed by atoms with Gasteiger partial charge in [0.1, 0.15) is 5.60 Å². The summed E-state index contributed by atoms with van der Waals surface area (Å²) in [5.41, 5.74) is -0.333. The number of hydrogen-bond donors (Lipinski definition) is 1. The first kappa shape index (κ1) is 16.4. The lowest BCUT2D eigenvalue weighted by atomic mass is 9.70. The summed E-state index contributed by atoms with van der Waals surface area (Å²) in [5.74, 6) is 1.32. The largest absolute Gasteiger partial charge is 0.367 e. The second kappa shape index (κ2) is 5.69. The quantitative estimate of drug-likeness (QED) is 0.902. The second-order valence-electron chi connectivity index (χ2n) is 7.39. The Morgan fingerprint density at radius 1 is 1.24 bits per heavy atom. The molecule has 0 radical (unpaired) electrons. The number of nitrogens with zero attached hydrogens (tertiary/aromatic N) is 2. The maximum atomic E-state index is 6.10. The summed E-state index contributed by atoms with van der Waals surface area (Å²) < 4.78 is 11.6. The minimum Gasteiger partial charge on any atom is -0.367 e. The van der Waals surface area contributed by atoms with Crippen molar-refractivity contribution in [3.63, 3.8) is 0 Å². The van der Waals surface area contributed by atoms with E-state index in [-0.39, 0.29) is 11.1 Å². The summed E-state index contributed by atoms with van der Waals surface area (Å²) in [7, 11) is 1.89. The van der Waals surface area contributed by atoms with Gasteiger partial charge in [-0.05, 0) is 58.9 Å². The van der Waals surface area contributed by atoms with Crippen molar-refractivity contribution in [2.75, 3.05) is 13.7 Å². The van der Waals surface area contributed by atoms with Crippen LogP contribution >= 0.6 is 0 Å². The van der Waals surface area contributed by atoms with Crippen LogP contribution in [-0.2, 0) is 15.9 Å². The Labute approximate surface area is 127 Å². The van der Waals surface area contributed by atoms with Crippen LogP contribution in [0.1, 0.15) is 72.0 Å². The Bertz CT molecular complexity index is 470. The molecule has 1 aliphatic carbocycles. The van der Waals surface area contributed by atoms with E-state index in [1.807, 2.05) is 27.8 Å². The molecule has 21 heavy (non-hydrogen) atoms. The molecule has 1 aromatic heterocycles. The van der Waals surface area contributed by atoms with Gasteiger partial charge < -0.3 is 14.6 Å². The van der Waals surface area contributed by atoms with E-state index in [0.29, 0.717) is 23.7 Å². The zero-order valence-corrected chi connectivity index (χ0v) is 14.2. The first-order valence-corrected chi connectivity index (χ1v) is 7.92. The first-order valence-electron chi connectivity index (χ1n) is 7.92. The zero-order valence-electron chi connectivity index (χ0n) is 14.2. The van der Waals surface area contributed by atoms with E-state index in [9.17, 15) is 0 Å². The molecule has 120 valence electrons. The van der Waals surface area contributed by atoms with Gasteiger partial charge in [-0.3, -0.25) is 0 Å². The molecule has 1 aliphatic rings. The van der Waals surface area contributed by atoms with E-state index in [1.54, 1.807) is 0 Å². The molecule has 0 amide bonds. The molecular formula is C16H29N3O2. The van der Waals surface area contributed by atoms with Crippen molar-refractivity contribution in [1.29, 1.82) is 0 Å². The minimum atomic E-state index is -0.379. The van der Waals surface area contributed by atoms with Gasteiger partial charge in [-0.2, -0.15) is 4.98 Å². The SMILES string of the molecule is CCOC1(c2noc(C(C)(C)NC)n2)CCC(C)(C)CC1. The van der Waals surface area contributed by atoms with Gasteiger partial charge >= 0.3 is 0 Å². The summed E-state index contributed by atoms with van der Waals surface area (Å²) in [4.78, 5) is 4.65. The minimum absolute atomic E-state index is 0.327. The van der Waals surface area contributed by atoms with Crippen molar-refractivity contribution in [1.82, 2.24) is 15.5 Å². The molecule has 5 heteroatoms. The van der Waals surface area contributed by atoms with Crippen LogP contribution in [0.25, 0.3) is 0 Å². The van der Waals surface area contributed by atoms with Gasteiger partial charge in [-0.25, -0.2) is 0 Å². The number of hydrogen-bond acceptors (Lipinski definition) is 5. The number of ether oxygens (including phenoxy) is 1. The molecule has 0 bridgehead atoms. The molecular weight excluding hydrogens is 266 g/mol. The Morgan fingerprint density at radius 2 is 1.86 bits per heavy atom. The monoisotopic (exact) mass is 295 g/mol. The van der Waals surface area contributed by atoms with E-state index in [1.165, 1.54) is 0 Å². The molecule has 0 saturated heterocycles. The molecule has 0 spiro atoms. The fraction of sp³-hybridized carbons (Fsp3) is 0.875. The lowest BCUT2D eigenvalue weighted by Gasteiger charge is -2.41. The smallest absolute Gasteiger partial charge is 0.246 e. The first-order chi connectivity index (χ1) is 9.75. The topological polar surface area (TPSA) is 60.2 Å². The molecule has 1 saturated carbocycles. The van der Waals surface area contributed by atoms with E-state index < -0.39 is 0 Å². The van der Waals surface area contributed by atoms with Gasteiger partial charge in [-0.1, -0.05) is 19.0 Å². The van der Waals surface area contributed by atoms with Crippen LogP contribution in [0.3, 0.4) is 0 Å². The summed E-state index contributed by atoms with van der Waals surface area (Å²) in [5, 5.41) is 7.44. The molecule has 1 heterocycles. The van der Waals surface area contributed by atoms with Crippen molar-refractivity contribution < 1.29 is 9.26 Å². The van der Waals surface area contributed by atoms with Crippen molar-refractivity contribution in [2.24, 2.45) is 5.41 Å². The average Bonchev–Trinajstić information content (AvgIpc) is 2.93. The Kier molecular flexibility index (Phi) is 4.45. The molecule has 1 N–H and O–H groups in total. The predicted molar refractivity (Wildman–Crippen MR) is 81.9 cm³/mol. The third kappa shape index (κ3) is 3.29. The van der Waals surface area contributed by atoms with E-state index >= 15 is 0 Å². The fourth-order valence-corrected chi connectivity index (χ4v) is 2.81. The highest BCUT2D eigenvalue weighted by Crippen LogP contribution is 2.46. The molecule has 2 rings (SSSR count). The second-order valence-corrected chi connectivity index (χ2v) is 7.39. The average molecular weight is 295 g/mol. The maximum absolute atomic E-state index is 6.10. The van der Waals surface area contributed by atoms with E-state index in [2.05, 4.69) is 29.3 Å². The Morgan fingerprint density at radius 3 is 2.38 bits per heavy atom. The molecule has 5 nitrogen and oxygen atoms in total. The molecule has 0 unspecified atom stereocenters. The molecule has 0 atom stereocenters. The van der Waals surface area contributed by atoms with Crippen LogP contribution in [0.4, 0.5) is 0 Å². The van der Waals surface area contributed by atoms with Gasteiger partial charge in [0, 0.05) is 6.61 Å². The molecule has 0 aliphatic heterocycles. The van der Waals surface area contributed by atoms with Crippen molar-refractivity contribution >= 4 is 0 Å². The van der Waals surface area contributed by atoms with Crippen LogP contribution in [-0.4, -0.2) is 23.8 Å². The van der Waals surface area contributed by atoms with E-state index in [0.717, 1.165) is 25.7 Å². The van der Waals surface area contributed by atoms with Crippen LogP contribution in [0.2, 0.25) is 0 Å². The highest BCUT2D eigenvalue weighted by atomic mass is 16.5. The highest BCUT2D eigenvalue weighted by Gasteiger charge is 2.44. The number of aromatic nitrogens is 2. The van der Waals surface area contributed by atoms with Crippen molar-refractivity contribution in [3.8, 4) is 0 Å². The van der Waals surface area contributed by atoms with Crippen LogP contribution in [0.15, 0.2) is 4.52 Å². The molecule has 1 fully saturated rings. The third-order valence-electron chi connectivity index (χ3n) is 4.83. The standard InChI is InChI=1S/C16H29N3O2/c1-7-20-16(10-8-14(2,3)9-11-16)12-18-13(21-19-12)15(4,5)17-6/h17H,7-11H2,1-6H3. The van der Waals surface area contributed by atoms with Crippen LogP contribution in [0, 0.1) is 5.41 Å². The Hall–Kier alpha value is -0.940. The molecule has 1 aromatic rings. The van der Waals surface area contributed by atoms with Gasteiger partial charge in [0.05, 0.1) is 5.54 Å². The van der Waals surface area contributed by atoms with Crippen LogP contribution < -0.4 is 5.32 Å². The molecule has 0 aromatic carbocycles. The highest BCUT2D eigenvalue weighted by molar-refractivity contribution is 5.08. The predicted octanol–water partition coefficient (Wildman–Crippen LogP) is 3.36. The summed E-state index contributed by atoms with van der Waals surface area (Å²) >= 11 is 0. The maximum Gasteiger partial charge on any atom is 0.246 e. The summed E-state index contributed by atoms with van der Waals surface area (Å²) in [6, 6.07) is 0. The van der Waals surface area contributed by atoms with Gasteiger partial charge in [-0.15, -0.1) is 0 Å². The lowest BCUT2D eigenvalue weighted by Crippen LogP contribution is -2.39.